The van der Waals surface area contributed by atoms with Crippen LogP contribution in [0.15, 0.2) is 6.33 Å². The van der Waals surface area contributed by atoms with Crippen LogP contribution in [-0.4, -0.2) is 44.8 Å². The lowest BCUT2D eigenvalue weighted by molar-refractivity contribution is -0.144. The minimum absolute atomic E-state index is 0.132. The predicted octanol–water partition coefficient (Wildman–Crippen LogP) is 0.435. The van der Waals surface area contributed by atoms with Gasteiger partial charge in [0.1, 0.15) is 12.2 Å². The normalized spacial score (nSPS) is 17.5. The van der Waals surface area contributed by atoms with Crippen LogP contribution in [-0.2, 0) is 22.6 Å². The number of fused-ring (bicyclic) bond motifs is 1. The van der Waals surface area contributed by atoms with Crippen molar-refractivity contribution in [3.8, 4) is 0 Å². The highest BCUT2D eigenvalue weighted by Gasteiger charge is 2.23. The summed E-state index contributed by atoms with van der Waals surface area (Å²) in [4.78, 5) is 13.6. The van der Waals surface area contributed by atoms with E-state index in [0.717, 1.165) is 25.5 Å². The molecule has 0 saturated heterocycles. The first-order valence-electron chi connectivity index (χ1n) is 5.97. The van der Waals surface area contributed by atoms with Crippen LogP contribution in [0.3, 0.4) is 0 Å². The Morgan fingerprint density at radius 1 is 1.59 bits per heavy atom. The van der Waals surface area contributed by atoms with Crippen molar-refractivity contribution >= 4 is 5.97 Å². The predicted molar refractivity (Wildman–Crippen MR) is 61.1 cm³/mol. The fourth-order valence-electron chi connectivity index (χ4n) is 2.05. The number of carbonyl (C=O) groups is 1. The molecule has 0 fully saturated rings. The molecule has 0 aliphatic carbocycles. The summed E-state index contributed by atoms with van der Waals surface area (Å²) in [6.07, 6.45) is 2.19. The number of nitrogens with zero attached hydrogens (tertiary/aromatic N) is 4. The molecule has 0 bridgehead atoms. The molecule has 6 heteroatoms. The zero-order chi connectivity index (χ0) is 12.3. The van der Waals surface area contributed by atoms with Crippen molar-refractivity contribution in [1.82, 2.24) is 19.7 Å². The van der Waals surface area contributed by atoms with Crippen molar-refractivity contribution in [1.29, 1.82) is 0 Å². The van der Waals surface area contributed by atoms with Gasteiger partial charge in [-0.1, -0.05) is 0 Å². The van der Waals surface area contributed by atoms with Crippen molar-refractivity contribution in [2.75, 3.05) is 13.2 Å². The van der Waals surface area contributed by atoms with Crippen LogP contribution in [0.25, 0.3) is 0 Å². The van der Waals surface area contributed by atoms with Crippen molar-refractivity contribution in [2.45, 2.75) is 39.4 Å². The number of esters is 1. The van der Waals surface area contributed by atoms with E-state index in [2.05, 4.69) is 15.1 Å². The molecule has 2 rings (SSSR count). The molecule has 0 amide bonds. The standard InChI is InChI=1S/C11H18N4O2/c1-3-17-11(16)6-9(2)14-4-5-15-8-12-13-10(15)7-14/h8-9H,3-7H2,1-2H3. The average Bonchev–Trinajstić information content (AvgIpc) is 2.75. The van der Waals surface area contributed by atoms with E-state index in [1.54, 1.807) is 6.33 Å². The lowest BCUT2D eigenvalue weighted by Gasteiger charge is -2.31. The van der Waals surface area contributed by atoms with E-state index in [-0.39, 0.29) is 12.0 Å². The van der Waals surface area contributed by atoms with Gasteiger partial charge in [-0.15, -0.1) is 10.2 Å². The van der Waals surface area contributed by atoms with Gasteiger partial charge in [0.2, 0.25) is 0 Å². The number of aromatic nitrogens is 3. The van der Waals surface area contributed by atoms with Gasteiger partial charge in [-0.2, -0.15) is 0 Å². The average molecular weight is 238 g/mol. The van der Waals surface area contributed by atoms with Crippen LogP contribution in [0.5, 0.6) is 0 Å². The zero-order valence-electron chi connectivity index (χ0n) is 10.3. The molecule has 0 saturated carbocycles. The van der Waals surface area contributed by atoms with E-state index in [1.165, 1.54) is 0 Å². The van der Waals surface area contributed by atoms with E-state index in [0.29, 0.717) is 13.0 Å². The highest BCUT2D eigenvalue weighted by molar-refractivity contribution is 5.70. The molecule has 1 atom stereocenters. The third kappa shape index (κ3) is 2.82. The summed E-state index contributed by atoms with van der Waals surface area (Å²) in [5.41, 5.74) is 0. The lowest BCUT2D eigenvalue weighted by Crippen LogP contribution is -2.40. The topological polar surface area (TPSA) is 60.2 Å². The molecule has 1 aliphatic rings. The van der Waals surface area contributed by atoms with Gasteiger partial charge in [0.05, 0.1) is 19.6 Å². The Kier molecular flexibility index (Phi) is 3.73. The maximum absolute atomic E-state index is 11.4. The van der Waals surface area contributed by atoms with Gasteiger partial charge >= 0.3 is 5.97 Å². The molecule has 1 aromatic heterocycles. The van der Waals surface area contributed by atoms with Gasteiger partial charge in [0.25, 0.3) is 0 Å². The molecule has 0 N–H and O–H groups in total. The summed E-state index contributed by atoms with van der Waals surface area (Å²) in [5.74, 6) is 0.832. The highest BCUT2D eigenvalue weighted by atomic mass is 16.5. The smallest absolute Gasteiger partial charge is 0.307 e. The molecule has 0 aromatic carbocycles. The van der Waals surface area contributed by atoms with Gasteiger partial charge < -0.3 is 9.30 Å². The second kappa shape index (κ2) is 5.27. The third-order valence-electron chi connectivity index (χ3n) is 3.06. The fraction of sp³-hybridized carbons (Fsp3) is 0.727. The van der Waals surface area contributed by atoms with Crippen molar-refractivity contribution in [3.63, 3.8) is 0 Å². The lowest BCUT2D eigenvalue weighted by atomic mass is 10.2. The Morgan fingerprint density at radius 2 is 2.41 bits per heavy atom. The van der Waals surface area contributed by atoms with E-state index in [4.69, 9.17) is 4.74 Å². The Balaban J connectivity index is 1.89. The maximum Gasteiger partial charge on any atom is 0.307 e. The second-order valence-electron chi connectivity index (χ2n) is 4.27. The van der Waals surface area contributed by atoms with Crippen LogP contribution in [0.2, 0.25) is 0 Å². The van der Waals surface area contributed by atoms with Crippen molar-refractivity contribution in [2.24, 2.45) is 0 Å². The fourth-order valence-corrected chi connectivity index (χ4v) is 2.05. The number of ether oxygens (including phenoxy) is 1. The van der Waals surface area contributed by atoms with Gasteiger partial charge in [0.15, 0.2) is 0 Å². The largest absolute Gasteiger partial charge is 0.466 e. The Hall–Kier alpha value is -1.43. The molecule has 0 spiro atoms. The molecular formula is C11H18N4O2. The minimum atomic E-state index is -0.132. The van der Waals surface area contributed by atoms with Crippen LogP contribution in [0, 0.1) is 0 Å². The first kappa shape index (κ1) is 12.0. The van der Waals surface area contributed by atoms with Crippen molar-refractivity contribution < 1.29 is 9.53 Å². The molecule has 1 unspecified atom stereocenters. The van der Waals surface area contributed by atoms with Gasteiger partial charge in [-0.3, -0.25) is 9.69 Å². The molecule has 17 heavy (non-hydrogen) atoms. The number of rotatable bonds is 4. The highest BCUT2D eigenvalue weighted by Crippen LogP contribution is 2.14. The summed E-state index contributed by atoms with van der Waals surface area (Å²) in [5, 5.41) is 7.94. The SMILES string of the molecule is CCOC(=O)CC(C)N1CCn2cnnc2C1. The summed E-state index contributed by atoms with van der Waals surface area (Å²) >= 11 is 0. The van der Waals surface area contributed by atoms with Crippen LogP contribution in [0.4, 0.5) is 0 Å². The number of carbonyl (C=O) groups excluding carboxylic acids is 1. The third-order valence-corrected chi connectivity index (χ3v) is 3.06. The monoisotopic (exact) mass is 238 g/mol. The van der Waals surface area contributed by atoms with Crippen LogP contribution < -0.4 is 0 Å². The summed E-state index contributed by atoms with van der Waals surface area (Å²) in [6.45, 7) is 6.87. The van der Waals surface area contributed by atoms with E-state index >= 15 is 0 Å². The molecule has 6 nitrogen and oxygen atoms in total. The molecule has 1 aliphatic heterocycles. The maximum atomic E-state index is 11.4. The first-order chi connectivity index (χ1) is 8.20. The van der Waals surface area contributed by atoms with E-state index in [1.807, 2.05) is 18.4 Å². The van der Waals surface area contributed by atoms with E-state index < -0.39 is 0 Å². The minimum Gasteiger partial charge on any atom is -0.466 e. The summed E-state index contributed by atoms with van der Waals surface area (Å²) < 4.78 is 7.01. The summed E-state index contributed by atoms with van der Waals surface area (Å²) in [7, 11) is 0. The molecule has 1 aromatic rings. The zero-order valence-corrected chi connectivity index (χ0v) is 10.3. The van der Waals surface area contributed by atoms with Crippen molar-refractivity contribution in [3.05, 3.63) is 12.2 Å². The van der Waals surface area contributed by atoms with E-state index in [9.17, 15) is 4.79 Å². The number of hydrogen-bond donors (Lipinski definition) is 0. The van der Waals surface area contributed by atoms with Gasteiger partial charge in [0, 0.05) is 19.1 Å². The Bertz CT molecular complexity index is 391. The first-order valence-corrected chi connectivity index (χ1v) is 5.97. The Morgan fingerprint density at radius 3 is 3.18 bits per heavy atom. The van der Waals surface area contributed by atoms with Crippen LogP contribution >= 0.6 is 0 Å². The molecule has 2 heterocycles. The second-order valence-corrected chi connectivity index (χ2v) is 4.27. The molecule has 0 radical (unpaired) electrons. The van der Waals surface area contributed by atoms with Gasteiger partial charge in [-0.25, -0.2) is 0 Å². The van der Waals surface area contributed by atoms with Crippen LogP contribution in [0.1, 0.15) is 26.1 Å². The summed E-state index contributed by atoms with van der Waals surface area (Å²) in [6, 6.07) is 0.180. The number of hydrogen-bond acceptors (Lipinski definition) is 5. The van der Waals surface area contributed by atoms with Gasteiger partial charge in [-0.05, 0) is 13.8 Å². The Labute approximate surface area is 101 Å². The quantitative estimate of drug-likeness (QED) is 0.712. The molecular weight excluding hydrogens is 220 g/mol. The molecule has 94 valence electrons.